The van der Waals surface area contributed by atoms with Crippen LogP contribution >= 0.6 is 11.3 Å². The van der Waals surface area contributed by atoms with Gasteiger partial charge < -0.3 is 11.1 Å². The monoisotopic (exact) mass is 311 g/mol. The first kappa shape index (κ1) is 14.2. The number of nitrogens with one attached hydrogen (secondary N) is 1. The van der Waals surface area contributed by atoms with Crippen molar-refractivity contribution in [2.75, 3.05) is 11.1 Å². The minimum Gasteiger partial charge on any atom is -0.382 e. The maximum atomic E-state index is 12.1. The molecule has 110 valence electrons. The van der Waals surface area contributed by atoms with Crippen LogP contribution in [0.1, 0.15) is 16.2 Å². The summed E-state index contributed by atoms with van der Waals surface area (Å²) in [6, 6.07) is 7.45. The number of hydrogen-bond acceptors (Lipinski definition) is 6. The molecule has 7 heteroatoms. The number of aromatic nitrogens is 3. The first-order chi connectivity index (χ1) is 10.6. The normalized spacial score (nSPS) is 10.4. The van der Waals surface area contributed by atoms with Gasteiger partial charge in [-0.15, -0.1) is 11.3 Å². The predicted octanol–water partition coefficient (Wildman–Crippen LogP) is 2.74. The van der Waals surface area contributed by atoms with Crippen molar-refractivity contribution in [1.29, 1.82) is 0 Å². The molecule has 0 spiro atoms. The summed E-state index contributed by atoms with van der Waals surface area (Å²) in [5, 5.41) is 5.70. The molecule has 0 aliphatic heterocycles. The van der Waals surface area contributed by atoms with E-state index in [2.05, 4.69) is 20.3 Å². The summed E-state index contributed by atoms with van der Waals surface area (Å²) in [7, 11) is 0. The number of carbonyl (C=O) groups is 1. The number of nitrogens with two attached hydrogens (primary N) is 1. The van der Waals surface area contributed by atoms with Crippen molar-refractivity contribution in [2.45, 2.75) is 6.92 Å². The van der Waals surface area contributed by atoms with Gasteiger partial charge in [0.15, 0.2) is 11.5 Å². The SMILES string of the molecule is Cc1csc(-c2ccc(NC(=O)c3nccnc3N)cc2)n1. The van der Waals surface area contributed by atoms with E-state index in [-0.39, 0.29) is 17.4 Å². The fourth-order valence-corrected chi connectivity index (χ4v) is 2.70. The Kier molecular flexibility index (Phi) is 3.80. The number of nitrogen functional groups attached to an aromatic ring is 1. The van der Waals surface area contributed by atoms with Gasteiger partial charge in [0.05, 0.1) is 0 Å². The van der Waals surface area contributed by atoms with Crippen molar-refractivity contribution in [3.63, 3.8) is 0 Å². The zero-order valence-electron chi connectivity index (χ0n) is 11.8. The second kappa shape index (κ2) is 5.90. The quantitative estimate of drug-likeness (QED) is 0.775. The fourth-order valence-electron chi connectivity index (χ4n) is 1.90. The third-order valence-corrected chi connectivity index (χ3v) is 3.96. The lowest BCUT2D eigenvalue weighted by Crippen LogP contribution is -2.16. The zero-order chi connectivity index (χ0) is 15.5. The number of nitrogens with zero attached hydrogens (tertiary/aromatic N) is 3. The summed E-state index contributed by atoms with van der Waals surface area (Å²) in [6.45, 7) is 1.96. The molecular formula is C15H13N5OS. The number of amides is 1. The Balaban J connectivity index is 1.76. The number of benzene rings is 1. The molecule has 1 aromatic carbocycles. The second-order valence-electron chi connectivity index (χ2n) is 4.62. The molecule has 3 aromatic rings. The summed E-state index contributed by atoms with van der Waals surface area (Å²) in [5.74, 6) is -0.279. The van der Waals surface area contributed by atoms with E-state index in [4.69, 9.17) is 5.73 Å². The summed E-state index contributed by atoms with van der Waals surface area (Å²) in [6.07, 6.45) is 2.87. The second-order valence-corrected chi connectivity index (χ2v) is 5.47. The van der Waals surface area contributed by atoms with Crippen LogP contribution in [0.3, 0.4) is 0 Å². The van der Waals surface area contributed by atoms with Gasteiger partial charge in [-0.1, -0.05) is 0 Å². The molecule has 2 aromatic heterocycles. The predicted molar refractivity (Wildman–Crippen MR) is 86.7 cm³/mol. The Hall–Kier alpha value is -2.80. The molecule has 0 atom stereocenters. The van der Waals surface area contributed by atoms with E-state index in [1.807, 2.05) is 36.6 Å². The van der Waals surface area contributed by atoms with Crippen LogP contribution in [0.5, 0.6) is 0 Å². The third-order valence-electron chi connectivity index (χ3n) is 2.95. The fraction of sp³-hybridized carbons (Fsp3) is 0.0667. The largest absolute Gasteiger partial charge is 0.382 e. The van der Waals surface area contributed by atoms with Crippen LogP contribution in [-0.2, 0) is 0 Å². The van der Waals surface area contributed by atoms with Crippen LogP contribution in [0.25, 0.3) is 10.6 Å². The van der Waals surface area contributed by atoms with E-state index in [1.54, 1.807) is 11.3 Å². The molecule has 0 saturated carbocycles. The van der Waals surface area contributed by atoms with Crippen LogP contribution in [0.4, 0.5) is 11.5 Å². The van der Waals surface area contributed by atoms with Gasteiger partial charge in [-0.25, -0.2) is 15.0 Å². The minimum atomic E-state index is -0.386. The lowest BCUT2D eigenvalue weighted by molar-refractivity contribution is 0.102. The lowest BCUT2D eigenvalue weighted by atomic mass is 10.2. The average Bonchev–Trinajstić information content (AvgIpc) is 2.95. The Bertz CT molecular complexity index is 813. The first-order valence-corrected chi connectivity index (χ1v) is 7.42. The van der Waals surface area contributed by atoms with E-state index in [0.29, 0.717) is 5.69 Å². The number of rotatable bonds is 3. The molecule has 0 unspecified atom stereocenters. The Morgan fingerprint density at radius 1 is 1.18 bits per heavy atom. The van der Waals surface area contributed by atoms with E-state index < -0.39 is 0 Å². The van der Waals surface area contributed by atoms with Gasteiger partial charge in [0.2, 0.25) is 0 Å². The summed E-state index contributed by atoms with van der Waals surface area (Å²) in [4.78, 5) is 24.3. The van der Waals surface area contributed by atoms with Gasteiger partial charge in [0, 0.05) is 34.7 Å². The van der Waals surface area contributed by atoms with E-state index >= 15 is 0 Å². The van der Waals surface area contributed by atoms with E-state index in [1.165, 1.54) is 12.4 Å². The lowest BCUT2D eigenvalue weighted by Gasteiger charge is -2.06. The highest BCUT2D eigenvalue weighted by Crippen LogP contribution is 2.25. The highest BCUT2D eigenvalue weighted by molar-refractivity contribution is 7.13. The van der Waals surface area contributed by atoms with Crippen molar-refractivity contribution >= 4 is 28.7 Å². The highest BCUT2D eigenvalue weighted by atomic mass is 32.1. The Morgan fingerprint density at radius 2 is 1.91 bits per heavy atom. The molecule has 0 saturated heterocycles. The van der Waals surface area contributed by atoms with Crippen molar-refractivity contribution < 1.29 is 4.79 Å². The molecule has 0 bridgehead atoms. The van der Waals surface area contributed by atoms with Crippen LogP contribution in [0.15, 0.2) is 42.0 Å². The molecule has 3 N–H and O–H groups in total. The maximum absolute atomic E-state index is 12.1. The van der Waals surface area contributed by atoms with Gasteiger partial charge in [0.25, 0.3) is 5.91 Å². The van der Waals surface area contributed by atoms with Gasteiger partial charge in [-0.05, 0) is 31.2 Å². The van der Waals surface area contributed by atoms with Gasteiger partial charge >= 0.3 is 0 Å². The molecule has 0 fully saturated rings. The third kappa shape index (κ3) is 2.94. The number of anilines is 2. The number of aryl methyl sites for hydroxylation is 1. The number of hydrogen-bond donors (Lipinski definition) is 2. The molecule has 22 heavy (non-hydrogen) atoms. The maximum Gasteiger partial charge on any atom is 0.278 e. The smallest absolute Gasteiger partial charge is 0.278 e. The highest BCUT2D eigenvalue weighted by Gasteiger charge is 2.12. The summed E-state index contributed by atoms with van der Waals surface area (Å²) in [5.41, 5.74) is 8.41. The van der Waals surface area contributed by atoms with Crippen LogP contribution in [0, 0.1) is 6.92 Å². The Morgan fingerprint density at radius 3 is 2.55 bits per heavy atom. The topological polar surface area (TPSA) is 93.8 Å². The summed E-state index contributed by atoms with van der Waals surface area (Å²) < 4.78 is 0. The van der Waals surface area contributed by atoms with Crippen LogP contribution in [0.2, 0.25) is 0 Å². The van der Waals surface area contributed by atoms with Crippen molar-refractivity contribution in [3.05, 3.63) is 53.4 Å². The molecule has 3 rings (SSSR count). The van der Waals surface area contributed by atoms with Gasteiger partial charge in [-0.2, -0.15) is 0 Å². The molecule has 2 heterocycles. The van der Waals surface area contributed by atoms with E-state index in [9.17, 15) is 4.79 Å². The van der Waals surface area contributed by atoms with E-state index in [0.717, 1.165) is 16.3 Å². The van der Waals surface area contributed by atoms with Crippen molar-refractivity contribution in [3.8, 4) is 10.6 Å². The molecule has 0 radical (unpaired) electrons. The number of carbonyl (C=O) groups excluding carboxylic acids is 1. The zero-order valence-corrected chi connectivity index (χ0v) is 12.6. The van der Waals surface area contributed by atoms with Crippen molar-refractivity contribution in [2.24, 2.45) is 0 Å². The van der Waals surface area contributed by atoms with Gasteiger partial charge in [0.1, 0.15) is 5.01 Å². The molecule has 0 aliphatic carbocycles. The molecule has 1 amide bonds. The average molecular weight is 311 g/mol. The molecule has 6 nitrogen and oxygen atoms in total. The summed E-state index contributed by atoms with van der Waals surface area (Å²) >= 11 is 1.59. The van der Waals surface area contributed by atoms with Crippen LogP contribution < -0.4 is 11.1 Å². The molecular weight excluding hydrogens is 298 g/mol. The first-order valence-electron chi connectivity index (χ1n) is 6.54. The van der Waals surface area contributed by atoms with Crippen molar-refractivity contribution in [1.82, 2.24) is 15.0 Å². The molecule has 0 aliphatic rings. The standard InChI is InChI=1S/C15H13N5OS/c1-9-8-22-15(19-9)10-2-4-11(5-3-10)20-14(21)12-13(16)18-7-6-17-12/h2-8H,1H3,(H2,16,18)(H,20,21). The minimum absolute atomic E-state index is 0.106. The van der Waals surface area contributed by atoms with Gasteiger partial charge in [-0.3, -0.25) is 4.79 Å². The Labute approximate surface area is 131 Å². The van der Waals surface area contributed by atoms with Crippen LogP contribution in [-0.4, -0.2) is 20.9 Å². The number of thiazole rings is 1.